The first-order valence-corrected chi connectivity index (χ1v) is 8.59. The summed E-state index contributed by atoms with van der Waals surface area (Å²) < 4.78 is 59.2. The summed E-state index contributed by atoms with van der Waals surface area (Å²) in [4.78, 5) is 0. The molecule has 0 amide bonds. The third-order valence-corrected chi connectivity index (χ3v) is 4.17. The molecular weight excluding hydrogens is 284 g/mol. The maximum atomic E-state index is 10.5. The molecule has 0 saturated carbocycles. The lowest BCUT2D eigenvalue weighted by molar-refractivity contribution is 0.363. The molecule has 0 atom stereocenters. The molecule has 6 N–H and O–H groups in total. The van der Waals surface area contributed by atoms with Crippen molar-refractivity contribution in [1.29, 1.82) is 0 Å². The van der Waals surface area contributed by atoms with Crippen LogP contribution in [0.3, 0.4) is 0 Å². The van der Waals surface area contributed by atoms with Crippen LogP contribution in [-0.4, -0.2) is 49.5 Å². The molecular formula is C8H20N2O6S2. The number of nitrogens with two attached hydrogens (primary N) is 2. The minimum atomic E-state index is -4.03. The van der Waals surface area contributed by atoms with Crippen molar-refractivity contribution >= 4 is 20.2 Å². The standard InChI is InChI=1S/C8H20N2O6S2/c9-7-8(10,3-1-5-17(11,12)13)4-2-6-18(14,15)16/h1-7,9-10H2,(H,11,12,13)(H,14,15,16). The summed E-state index contributed by atoms with van der Waals surface area (Å²) >= 11 is 0. The van der Waals surface area contributed by atoms with Crippen molar-refractivity contribution in [2.75, 3.05) is 18.1 Å². The Morgan fingerprint density at radius 3 is 1.44 bits per heavy atom. The number of hydrogen-bond donors (Lipinski definition) is 4. The van der Waals surface area contributed by atoms with Gasteiger partial charge in [-0.2, -0.15) is 16.8 Å². The largest absolute Gasteiger partial charge is 0.329 e. The van der Waals surface area contributed by atoms with E-state index in [9.17, 15) is 16.8 Å². The second-order valence-corrected chi connectivity index (χ2v) is 7.49. The van der Waals surface area contributed by atoms with Crippen molar-refractivity contribution in [3.8, 4) is 0 Å². The first-order chi connectivity index (χ1) is 7.97. The average Bonchev–Trinajstić information content (AvgIpc) is 2.13. The quantitative estimate of drug-likeness (QED) is 0.393. The molecule has 0 aliphatic rings. The summed E-state index contributed by atoms with van der Waals surface area (Å²) in [6.07, 6.45) is 0.764. The molecule has 0 unspecified atom stereocenters. The Hall–Kier alpha value is -0.260. The van der Waals surface area contributed by atoms with Crippen LogP contribution >= 0.6 is 0 Å². The highest BCUT2D eigenvalue weighted by Gasteiger charge is 2.24. The second-order valence-electron chi connectivity index (χ2n) is 4.35. The van der Waals surface area contributed by atoms with Crippen LogP contribution in [0.5, 0.6) is 0 Å². The smallest absolute Gasteiger partial charge is 0.264 e. The summed E-state index contributed by atoms with van der Waals surface area (Å²) in [5.74, 6) is -0.825. The molecule has 0 bridgehead atoms. The van der Waals surface area contributed by atoms with E-state index in [0.29, 0.717) is 0 Å². The fraction of sp³-hybridized carbons (Fsp3) is 1.00. The third-order valence-electron chi connectivity index (χ3n) is 2.56. The van der Waals surface area contributed by atoms with Crippen LogP contribution in [0.4, 0.5) is 0 Å². The van der Waals surface area contributed by atoms with Crippen molar-refractivity contribution in [2.45, 2.75) is 31.2 Å². The van der Waals surface area contributed by atoms with Gasteiger partial charge in [-0.1, -0.05) is 0 Å². The van der Waals surface area contributed by atoms with Crippen LogP contribution in [0, 0.1) is 0 Å². The molecule has 0 rings (SSSR count). The van der Waals surface area contributed by atoms with Gasteiger partial charge in [0, 0.05) is 12.1 Å². The molecule has 0 aliphatic carbocycles. The Kier molecular flexibility index (Phi) is 6.68. The maximum Gasteiger partial charge on any atom is 0.264 e. The van der Waals surface area contributed by atoms with Gasteiger partial charge in [0.05, 0.1) is 11.5 Å². The molecule has 110 valence electrons. The van der Waals surface area contributed by atoms with Gasteiger partial charge in [0.15, 0.2) is 0 Å². The molecule has 10 heteroatoms. The van der Waals surface area contributed by atoms with Gasteiger partial charge in [0.1, 0.15) is 0 Å². The Morgan fingerprint density at radius 1 is 0.889 bits per heavy atom. The lowest BCUT2D eigenvalue weighted by atomic mass is 9.90. The predicted molar refractivity (Wildman–Crippen MR) is 67.3 cm³/mol. The van der Waals surface area contributed by atoms with Gasteiger partial charge >= 0.3 is 0 Å². The van der Waals surface area contributed by atoms with Crippen LogP contribution in [0.2, 0.25) is 0 Å². The molecule has 0 saturated heterocycles. The van der Waals surface area contributed by atoms with Crippen molar-refractivity contribution < 1.29 is 25.9 Å². The van der Waals surface area contributed by atoms with E-state index in [1.165, 1.54) is 0 Å². The van der Waals surface area contributed by atoms with E-state index < -0.39 is 37.3 Å². The van der Waals surface area contributed by atoms with Gasteiger partial charge in [-0.15, -0.1) is 0 Å². The van der Waals surface area contributed by atoms with Crippen LogP contribution < -0.4 is 11.5 Å². The van der Waals surface area contributed by atoms with E-state index in [-0.39, 0.29) is 32.2 Å². The summed E-state index contributed by atoms with van der Waals surface area (Å²) in [7, 11) is -8.06. The lowest BCUT2D eigenvalue weighted by Crippen LogP contribution is -2.47. The van der Waals surface area contributed by atoms with Crippen LogP contribution in [0.1, 0.15) is 25.7 Å². The highest BCUT2D eigenvalue weighted by atomic mass is 32.2. The summed E-state index contributed by atoms with van der Waals surface area (Å²) in [6.45, 7) is 0.0595. The van der Waals surface area contributed by atoms with E-state index in [4.69, 9.17) is 20.6 Å². The highest BCUT2D eigenvalue weighted by Crippen LogP contribution is 2.16. The number of hydrogen-bond acceptors (Lipinski definition) is 6. The van der Waals surface area contributed by atoms with Crippen LogP contribution in [-0.2, 0) is 20.2 Å². The van der Waals surface area contributed by atoms with Crippen LogP contribution in [0.25, 0.3) is 0 Å². The normalized spacial score (nSPS) is 13.8. The molecule has 0 aromatic rings. The minimum Gasteiger partial charge on any atom is -0.329 e. The highest BCUT2D eigenvalue weighted by molar-refractivity contribution is 7.86. The zero-order valence-corrected chi connectivity index (χ0v) is 11.6. The zero-order valence-electron chi connectivity index (χ0n) is 9.95. The summed E-state index contributed by atoms with van der Waals surface area (Å²) in [5.41, 5.74) is 10.4. The van der Waals surface area contributed by atoms with E-state index in [2.05, 4.69) is 0 Å². The average molecular weight is 304 g/mol. The molecule has 0 fully saturated rings. The topological polar surface area (TPSA) is 161 Å². The Labute approximate surface area is 107 Å². The Balaban J connectivity index is 4.18. The van der Waals surface area contributed by atoms with Gasteiger partial charge in [-0.25, -0.2) is 0 Å². The Bertz CT molecular complexity index is 406. The third kappa shape index (κ3) is 9.74. The molecule has 0 spiro atoms. The van der Waals surface area contributed by atoms with Crippen molar-refractivity contribution in [1.82, 2.24) is 0 Å². The Morgan fingerprint density at radius 2 is 1.22 bits per heavy atom. The fourth-order valence-corrected chi connectivity index (χ4v) is 2.56. The molecule has 0 aliphatic heterocycles. The molecule has 18 heavy (non-hydrogen) atoms. The SMILES string of the molecule is NCC(N)(CCCS(=O)(=O)O)CCCS(=O)(=O)O. The first kappa shape index (κ1) is 17.7. The molecule has 0 heterocycles. The van der Waals surface area contributed by atoms with Gasteiger partial charge < -0.3 is 11.5 Å². The number of rotatable bonds is 9. The van der Waals surface area contributed by atoms with Crippen molar-refractivity contribution in [3.63, 3.8) is 0 Å². The summed E-state index contributed by atoms with van der Waals surface area (Å²) in [5, 5.41) is 0. The zero-order chi connectivity index (χ0) is 14.4. The van der Waals surface area contributed by atoms with Crippen molar-refractivity contribution in [2.24, 2.45) is 11.5 Å². The van der Waals surface area contributed by atoms with Gasteiger partial charge in [0.25, 0.3) is 20.2 Å². The monoisotopic (exact) mass is 304 g/mol. The first-order valence-electron chi connectivity index (χ1n) is 5.37. The van der Waals surface area contributed by atoms with Crippen molar-refractivity contribution in [3.05, 3.63) is 0 Å². The van der Waals surface area contributed by atoms with Gasteiger partial charge in [0.2, 0.25) is 0 Å². The fourth-order valence-electron chi connectivity index (χ4n) is 1.54. The molecule has 0 aromatic carbocycles. The van der Waals surface area contributed by atoms with E-state index in [1.807, 2.05) is 0 Å². The minimum absolute atomic E-state index is 0.0595. The second kappa shape index (κ2) is 6.78. The van der Waals surface area contributed by atoms with E-state index >= 15 is 0 Å². The van der Waals surface area contributed by atoms with E-state index in [0.717, 1.165) is 0 Å². The lowest BCUT2D eigenvalue weighted by Gasteiger charge is -2.27. The molecule has 8 nitrogen and oxygen atoms in total. The summed E-state index contributed by atoms with van der Waals surface area (Å²) in [6, 6.07) is 0. The predicted octanol–water partition coefficient (Wildman–Crippen LogP) is -1.02. The molecule has 0 radical (unpaired) electrons. The van der Waals surface area contributed by atoms with Crippen LogP contribution in [0.15, 0.2) is 0 Å². The van der Waals surface area contributed by atoms with Gasteiger partial charge in [-0.3, -0.25) is 9.11 Å². The van der Waals surface area contributed by atoms with Gasteiger partial charge in [-0.05, 0) is 25.7 Å². The maximum absolute atomic E-state index is 10.5. The van der Waals surface area contributed by atoms with E-state index in [1.54, 1.807) is 0 Å². The molecule has 0 aromatic heterocycles.